The minimum atomic E-state index is -4.46. The van der Waals surface area contributed by atoms with Gasteiger partial charge in [-0.2, -0.15) is 0 Å². The van der Waals surface area contributed by atoms with Crippen molar-refractivity contribution in [3.8, 4) is 0 Å². The van der Waals surface area contributed by atoms with E-state index in [4.69, 9.17) is 13.8 Å². The molecule has 0 radical (unpaired) electrons. The molecule has 0 heterocycles. The number of ether oxygens (including phenoxy) is 1. The van der Waals surface area contributed by atoms with Gasteiger partial charge in [0, 0.05) is 12.8 Å². The first-order chi connectivity index (χ1) is 39.4. The first-order valence-electron chi connectivity index (χ1n) is 34.6. The van der Waals surface area contributed by atoms with Gasteiger partial charge in [-0.15, -0.1) is 0 Å². The van der Waals surface area contributed by atoms with Gasteiger partial charge in [-0.1, -0.05) is 300 Å². The molecule has 0 saturated heterocycles. The van der Waals surface area contributed by atoms with Crippen LogP contribution in [0.4, 0.5) is 0 Å². The summed E-state index contributed by atoms with van der Waals surface area (Å²) in [7, 11) is 1.49. The van der Waals surface area contributed by atoms with Crippen LogP contribution in [0.25, 0.3) is 0 Å². The Balaban J connectivity index is 5.09. The largest absolute Gasteiger partial charge is 0.472 e. The minimum Gasteiger partial charge on any atom is -0.456 e. The van der Waals surface area contributed by atoms with E-state index in [0.29, 0.717) is 23.9 Å². The molecule has 0 aliphatic heterocycles. The molecular weight excluding hydrogens is 1020 g/mol. The van der Waals surface area contributed by atoms with Crippen LogP contribution in [0.3, 0.4) is 0 Å². The highest BCUT2D eigenvalue weighted by molar-refractivity contribution is 7.47. The molecule has 2 N–H and O–H groups in total. The maximum Gasteiger partial charge on any atom is 0.472 e. The zero-order valence-electron chi connectivity index (χ0n) is 54.3. The van der Waals surface area contributed by atoms with Crippen LogP contribution in [0.2, 0.25) is 0 Å². The topological polar surface area (TPSA) is 111 Å². The number of phosphoric ester groups is 1. The smallest absolute Gasteiger partial charge is 0.456 e. The first kappa shape index (κ1) is 78.7. The van der Waals surface area contributed by atoms with Crippen molar-refractivity contribution in [1.29, 1.82) is 0 Å². The van der Waals surface area contributed by atoms with Gasteiger partial charge in [-0.3, -0.25) is 18.6 Å². The van der Waals surface area contributed by atoms with Crippen LogP contribution in [0.1, 0.15) is 329 Å². The summed E-state index contributed by atoms with van der Waals surface area (Å²) in [6.07, 6.45) is 78.0. The summed E-state index contributed by atoms with van der Waals surface area (Å²) < 4.78 is 30.8. The number of hydrogen-bond acceptors (Lipinski definition) is 6. The molecule has 0 aromatic carbocycles. The lowest BCUT2D eigenvalue weighted by Gasteiger charge is -2.27. The zero-order valence-corrected chi connectivity index (χ0v) is 55.2. The second-order valence-electron chi connectivity index (χ2n) is 24.7. The number of carbonyl (C=O) groups is 2. The van der Waals surface area contributed by atoms with E-state index in [2.05, 4.69) is 74.7 Å². The number of esters is 1. The number of phosphoric acid groups is 1. The van der Waals surface area contributed by atoms with E-state index in [-0.39, 0.29) is 25.1 Å². The monoisotopic (exact) mass is 1160 g/mol. The maximum atomic E-state index is 13.6. The molecule has 9 nitrogen and oxygen atoms in total. The van der Waals surface area contributed by atoms with Crippen molar-refractivity contribution in [2.45, 2.75) is 341 Å². The number of allylic oxidation sites excluding steroid dienone is 9. The molecule has 0 aromatic rings. The number of nitrogens with zero attached hydrogens (tertiary/aromatic N) is 1. The average molecular weight is 1160 g/mol. The predicted octanol–water partition coefficient (Wildman–Crippen LogP) is 21.8. The lowest BCUT2D eigenvalue weighted by atomic mass is 10.0. The van der Waals surface area contributed by atoms with Gasteiger partial charge in [-0.05, 0) is 76.7 Å². The number of rotatable bonds is 63. The Labute approximate surface area is 502 Å². The number of amides is 1. The summed E-state index contributed by atoms with van der Waals surface area (Å²) in [5, 5.41) is 3.06. The fraction of sp³-hybridized carbons (Fsp3) is 0.831. The van der Waals surface area contributed by atoms with Gasteiger partial charge in [0.2, 0.25) is 5.91 Å². The third-order valence-corrected chi connectivity index (χ3v) is 16.4. The van der Waals surface area contributed by atoms with Crippen LogP contribution in [-0.4, -0.2) is 74.3 Å². The summed E-state index contributed by atoms with van der Waals surface area (Å²) in [5.74, 6) is -0.514. The highest BCUT2D eigenvalue weighted by Gasteiger charge is 2.30. The Kier molecular flexibility index (Phi) is 59.1. The number of nitrogens with one attached hydrogen (secondary N) is 1. The van der Waals surface area contributed by atoms with Gasteiger partial charge >= 0.3 is 13.8 Å². The van der Waals surface area contributed by atoms with Gasteiger partial charge in [0.1, 0.15) is 19.3 Å². The van der Waals surface area contributed by atoms with E-state index in [1.807, 2.05) is 33.3 Å². The molecule has 0 aromatic heterocycles. The summed E-state index contributed by atoms with van der Waals surface area (Å²) in [4.78, 5) is 37.8. The molecule has 3 unspecified atom stereocenters. The third-order valence-electron chi connectivity index (χ3n) is 15.5. The van der Waals surface area contributed by atoms with E-state index in [1.54, 1.807) is 0 Å². The molecule has 1 amide bonds. The fourth-order valence-corrected chi connectivity index (χ4v) is 10.8. The van der Waals surface area contributed by atoms with Crippen molar-refractivity contribution in [3.05, 3.63) is 60.8 Å². The molecule has 0 aliphatic rings. The minimum absolute atomic E-state index is 0.0362. The van der Waals surface area contributed by atoms with Crippen molar-refractivity contribution in [1.82, 2.24) is 5.32 Å². The molecule has 0 spiro atoms. The number of quaternary nitrogens is 1. The van der Waals surface area contributed by atoms with Crippen LogP contribution >= 0.6 is 7.82 Å². The molecule has 0 fully saturated rings. The Morgan fingerprint density at radius 3 is 1.15 bits per heavy atom. The van der Waals surface area contributed by atoms with Crippen molar-refractivity contribution < 1.29 is 37.3 Å². The summed E-state index contributed by atoms with van der Waals surface area (Å²) >= 11 is 0. The van der Waals surface area contributed by atoms with Crippen molar-refractivity contribution in [2.24, 2.45) is 0 Å². The quantitative estimate of drug-likeness (QED) is 0.0205. The molecule has 474 valence electrons. The Morgan fingerprint density at radius 1 is 0.432 bits per heavy atom. The maximum absolute atomic E-state index is 13.6. The second kappa shape index (κ2) is 60.8. The van der Waals surface area contributed by atoms with Gasteiger partial charge in [-0.25, -0.2) is 4.57 Å². The normalized spacial score (nSPS) is 13.9. The lowest BCUT2D eigenvalue weighted by molar-refractivity contribution is -0.870. The highest BCUT2D eigenvalue weighted by atomic mass is 31.2. The molecule has 10 heteroatoms. The summed E-state index contributed by atoms with van der Waals surface area (Å²) in [6, 6.07) is -0.858. The van der Waals surface area contributed by atoms with Crippen molar-refractivity contribution >= 4 is 19.7 Å². The summed E-state index contributed by atoms with van der Waals surface area (Å²) in [5.41, 5.74) is 0. The van der Waals surface area contributed by atoms with E-state index in [0.717, 1.165) is 96.3 Å². The van der Waals surface area contributed by atoms with Crippen molar-refractivity contribution in [3.63, 3.8) is 0 Å². The number of carbonyl (C=O) groups excluding carboxylic acids is 2. The number of unbranched alkanes of at least 4 members (excludes halogenated alkanes) is 39. The Bertz CT molecular complexity index is 1570. The van der Waals surface area contributed by atoms with Crippen LogP contribution in [-0.2, 0) is 27.9 Å². The molecule has 0 aliphatic carbocycles. The van der Waals surface area contributed by atoms with E-state index < -0.39 is 20.0 Å². The molecule has 0 rings (SSSR count). The van der Waals surface area contributed by atoms with Crippen LogP contribution in [0.5, 0.6) is 0 Å². The highest BCUT2D eigenvalue weighted by Crippen LogP contribution is 2.43. The third kappa shape index (κ3) is 62.1. The predicted molar refractivity (Wildman–Crippen MR) is 351 cm³/mol. The standard InChI is InChI=1S/C71H133N2O7P/c1-7-10-13-16-19-22-25-27-29-31-33-35-36-38-40-42-44-46-49-52-55-58-61-64-71(75)80-69(62-59-56-53-50-47-24-21-18-15-12-9-3)68(67-79-81(76,77)78-66-65-73(4,5)6)72-70(74)63-60-57-54-51-48-45-43-41-39-37-34-32-30-28-26-23-20-17-14-11-8-2/h20,23,28,30,34,37,41,43,59,62,68-69H,7-19,21-22,24-27,29,31-33,35-36,38-40,42,44-58,60-61,63-67H2,1-6H3,(H-,72,74,76,77)/p+1/b23-20-,30-28-,37-34-,43-41-,62-59+. The number of likely N-dealkylation sites (N-methyl/N-ethyl adjacent to an activating group) is 1. The van der Waals surface area contributed by atoms with Crippen LogP contribution in [0, 0.1) is 0 Å². The zero-order chi connectivity index (χ0) is 59.3. The van der Waals surface area contributed by atoms with Gasteiger partial charge < -0.3 is 19.4 Å². The van der Waals surface area contributed by atoms with E-state index in [9.17, 15) is 19.0 Å². The van der Waals surface area contributed by atoms with Crippen molar-refractivity contribution in [2.75, 3.05) is 40.9 Å². The second-order valence-corrected chi connectivity index (χ2v) is 26.2. The van der Waals surface area contributed by atoms with E-state index >= 15 is 0 Å². The Morgan fingerprint density at radius 2 is 0.753 bits per heavy atom. The Hall–Kier alpha value is -2.29. The fourth-order valence-electron chi connectivity index (χ4n) is 10.1. The van der Waals surface area contributed by atoms with Gasteiger partial charge in [0.25, 0.3) is 0 Å². The molecular formula is C71H134N2O7P+. The van der Waals surface area contributed by atoms with Crippen LogP contribution in [0.15, 0.2) is 60.8 Å². The van der Waals surface area contributed by atoms with E-state index in [1.165, 1.54) is 199 Å². The number of hydrogen-bond donors (Lipinski definition) is 2. The lowest BCUT2D eigenvalue weighted by Crippen LogP contribution is -2.47. The SMILES string of the molecule is CCCCC/C=C\C/C=C\C/C=C\C/C=C\CCCCCCCC(=O)NC(COP(=O)(O)OCC[N+](C)(C)C)C(/C=C/CCCCCCCCCCC)OC(=O)CCCCCCCCCCCCCCCCCCCCCCCCC. The molecule has 0 saturated carbocycles. The molecule has 81 heavy (non-hydrogen) atoms. The summed E-state index contributed by atoms with van der Waals surface area (Å²) in [6.45, 7) is 7.00. The van der Waals surface area contributed by atoms with Crippen LogP contribution < -0.4 is 5.32 Å². The van der Waals surface area contributed by atoms with Gasteiger partial charge in [0.05, 0.1) is 33.8 Å². The van der Waals surface area contributed by atoms with Gasteiger partial charge in [0.15, 0.2) is 0 Å². The molecule has 0 bridgehead atoms. The average Bonchev–Trinajstić information content (AvgIpc) is 3.44. The molecule has 3 atom stereocenters. The first-order valence-corrected chi connectivity index (χ1v) is 36.1.